The van der Waals surface area contributed by atoms with Gasteiger partial charge in [-0.25, -0.2) is 14.3 Å². The van der Waals surface area contributed by atoms with Crippen molar-refractivity contribution in [1.82, 2.24) is 9.55 Å². The summed E-state index contributed by atoms with van der Waals surface area (Å²) in [4.78, 5) is 26.2. The highest BCUT2D eigenvalue weighted by Crippen LogP contribution is 2.39. The smallest absolute Gasteiger partial charge is 0.420 e. The molecule has 2 aliphatic rings. The summed E-state index contributed by atoms with van der Waals surface area (Å²) in [5.74, 6) is 1.92. The Labute approximate surface area is 196 Å². The number of aromatic nitrogens is 2. The Balaban J connectivity index is 0.000000535. The first kappa shape index (κ1) is 30.0. The Bertz CT molecular complexity index is 731. The van der Waals surface area contributed by atoms with Crippen molar-refractivity contribution in [3.63, 3.8) is 0 Å². The molecule has 0 aliphatic heterocycles. The molecule has 32 heavy (non-hydrogen) atoms. The van der Waals surface area contributed by atoms with Gasteiger partial charge in [0.25, 0.3) is 0 Å². The van der Waals surface area contributed by atoms with E-state index < -0.39 is 11.7 Å². The highest BCUT2D eigenvalue weighted by atomic mass is 35.5. The Morgan fingerprint density at radius 1 is 1.19 bits per heavy atom. The minimum atomic E-state index is -0.547. The summed E-state index contributed by atoms with van der Waals surface area (Å²) < 4.78 is 11.7. The lowest BCUT2D eigenvalue weighted by Gasteiger charge is -2.20. The SMILES string of the molecule is CC(C)(C)OC(=O)n1c(CO)cnc1C1CC1.CCC(=O)CO.CCOC(=N)C1CC1.Cl. The van der Waals surface area contributed by atoms with Crippen LogP contribution >= 0.6 is 12.4 Å². The number of carbonyl (C=O) groups is 2. The first-order chi connectivity index (χ1) is 14.6. The summed E-state index contributed by atoms with van der Waals surface area (Å²) in [5, 5.41) is 24.4. The zero-order chi connectivity index (χ0) is 23.6. The van der Waals surface area contributed by atoms with E-state index in [-0.39, 0.29) is 31.4 Å². The Hall–Kier alpha value is -1.97. The maximum atomic E-state index is 12.0. The first-order valence-electron chi connectivity index (χ1n) is 10.8. The largest absolute Gasteiger partial charge is 0.481 e. The van der Waals surface area contributed by atoms with Crippen LogP contribution in [0.4, 0.5) is 4.79 Å². The fourth-order valence-electron chi connectivity index (χ4n) is 2.39. The number of aliphatic hydroxyl groups is 2. The standard InChI is InChI=1S/C12H18N2O3.C6H11NO.C4H8O2.ClH/c1-12(2,3)17-11(16)14-9(7-15)6-13-10(14)8-4-5-8;1-2-8-6(7)5-3-4-5;1-2-4(6)3-5;/h6,8,15H,4-5,7H2,1-3H3;5,7H,2-4H2,1H3;5H,2-3H2,1H3;1H. The van der Waals surface area contributed by atoms with Gasteiger partial charge in [0.05, 0.1) is 25.1 Å². The van der Waals surface area contributed by atoms with Gasteiger partial charge in [0.1, 0.15) is 18.0 Å². The summed E-state index contributed by atoms with van der Waals surface area (Å²) in [6.45, 7) is 9.21. The second kappa shape index (κ2) is 14.2. The molecule has 0 atom stereocenters. The van der Waals surface area contributed by atoms with Crippen LogP contribution in [-0.2, 0) is 20.9 Å². The maximum Gasteiger partial charge on any atom is 0.420 e. The molecular formula is C22H38ClN3O6. The summed E-state index contributed by atoms with van der Waals surface area (Å²) in [6, 6.07) is 0. The molecule has 2 saturated carbocycles. The molecular weight excluding hydrogens is 438 g/mol. The number of halogens is 1. The van der Waals surface area contributed by atoms with E-state index in [0.29, 0.717) is 42.3 Å². The van der Waals surface area contributed by atoms with E-state index in [0.717, 1.165) is 12.8 Å². The van der Waals surface area contributed by atoms with E-state index in [9.17, 15) is 14.7 Å². The summed E-state index contributed by atoms with van der Waals surface area (Å²) in [5.41, 5.74) is -0.0596. The van der Waals surface area contributed by atoms with Crippen LogP contribution in [0.3, 0.4) is 0 Å². The van der Waals surface area contributed by atoms with Crippen LogP contribution in [0.1, 0.15) is 84.2 Å². The fourth-order valence-corrected chi connectivity index (χ4v) is 2.39. The summed E-state index contributed by atoms with van der Waals surface area (Å²) in [6.07, 6.45) is 5.95. The zero-order valence-electron chi connectivity index (χ0n) is 19.7. The van der Waals surface area contributed by atoms with Gasteiger partial charge in [0.2, 0.25) is 0 Å². The second-order valence-corrected chi connectivity index (χ2v) is 8.48. The Morgan fingerprint density at radius 3 is 2.12 bits per heavy atom. The number of ether oxygens (including phenoxy) is 2. The molecule has 184 valence electrons. The van der Waals surface area contributed by atoms with E-state index in [4.69, 9.17) is 20.0 Å². The first-order valence-corrected chi connectivity index (χ1v) is 10.8. The van der Waals surface area contributed by atoms with Crippen molar-refractivity contribution in [2.24, 2.45) is 5.92 Å². The molecule has 2 fully saturated rings. The van der Waals surface area contributed by atoms with Gasteiger partial charge in [0.15, 0.2) is 11.7 Å². The number of carbonyl (C=O) groups excluding carboxylic acids is 2. The number of aliphatic hydroxyl groups excluding tert-OH is 2. The van der Waals surface area contributed by atoms with E-state index in [1.54, 1.807) is 6.92 Å². The van der Waals surface area contributed by atoms with Crippen LogP contribution in [0.2, 0.25) is 0 Å². The van der Waals surface area contributed by atoms with Crippen molar-refractivity contribution < 1.29 is 29.3 Å². The number of Topliss-reactive ketones (excluding diaryl/α,β-unsaturated/α-hetero) is 1. The van der Waals surface area contributed by atoms with Crippen molar-refractivity contribution in [3.8, 4) is 0 Å². The molecule has 0 amide bonds. The van der Waals surface area contributed by atoms with E-state index in [1.807, 2.05) is 27.7 Å². The van der Waals surface area contributed by atoms with Gasteiger partial charge < -0.3 is 19.7 Å². The van der Waals surface area contributed by atoms with Crippen LogP contribution in [0.15, 0.2) is 6.20 Å². The van der Waals surface area contributed by atoms with Gasteiger partial charge in [0, 0.05) is 18.3 Å². The number of nitrogens with zero attached hydrogens (tertiary/aromatic N) is 2. The topological polar surface area (TPSA) is 135 Å². The number of imidazole rings is 1. The molecule has 3 rings (SSSR count). The van der Waals surface area contributed by atoms with Crippen LogP contribution in [0.5, 0.6) is 0 Å². The number of nitrogens with one attached hydrogen (secondary N) is 1. The van der Waals surface area contributed by atoms with Crippen molar-refractivity contribution in [2.75, 3.05) is 13.2 Å². The molecule has 9 nitrogen and oxygen atoms in total. The lowest BCUT2D eigenvalue weighted by atomic mass is 10.2. The summed E-state index contributed by atoms with van der Waals surface area (Å²) in [7, 11) is 0. The van der Waals surface area contributed by atoms with Crippen molar-refractivity contribution in [2.45, 2.75) is 84.8 Å². The van der Waals surface area contributed by atoms with Crippen LogP contribution < -0.4 is 0 Å². The van der Waals surface area contributed by atoms with Crippen molar-refractivity contribution in [3.05, 3.63) is 17.7 Å². The maximum absolute atomic E-state index is 12.0. The highest BCUT2D eigenvalue weighted by molar-refractivity contribution is 5.85. The minimum Gasteiger partial charge on any atom is -0.481 e. The van der Waals surface area contributed by atoms with Gasteiger partial charge in [-0.2, -0.15) is 0 Å². The molecule has 0 radical (unpaired) electrons. The normalized spacial score (nSPS) is 14.6. The second-order valence-electron chi connectivity index (χ2n) is 8.48. The molecule has 2 aliphatic carbocycles. The average molecular weight is 476 g/mol. The molecule has 0 bridgehead atoms. The lowest BCUT2D eigenvalue weighted by molar-refractivity contribution is -0.121. The molecule has 0 spiro atoms. The number of hydrogen-bond acceptors (Lipinski definition) is 8. The molecule has 1 aromatic rings. The average Bonchev–Trinajstić information content (AvgIpc) is 3.64. The number of ketones is 1. The van der Waals surface area contributed by atoms with Gasteiger partial charge in [-0.05, 0) is 53.4 Å². The molecule has 1 heterocycles. The highest BCUT2D eigenvalue weighted by Gasteiger charge is 2.32. The fraction of sp³-hybridized carbons (Fsp3) is 0.727. The third-order valence-electron chi connectivity index (χ3n) is 4.36. The molecule has 3 N–H and O–H groups in total. The third kappa shape index (κ3) is 11.1. The lowest BCUT2D eigenvalue weighted by Crippen LogP contribution is -2.29. The van der Waals surface area contributed by atoms with E-state index >= 15 is 0 Å². The third-order valence-corrected chi connectivity index (χ3v) is 4.36. The van der Waals surface area contributed by atoms with Gasteiger partial charge in [-0.1, -0.05) is 6.92 Å². The van der Waals surface area contributed by atoms with Gasteiger partial charge in [-0.15, -0.1) is 12.4 Å². The zero-order valence-corrected chi connectivity index (χ0v) is 20.5. The summed E-state index contributed by atoms with van der Waals surface area (Å²) >= 11 is 0. The van der Waals surface area contributed by atoms with Gasteiger partial charge >= 0.3 is 6.09 Å². The minimum absolute atomic E-state index is 0. The van der Waals surface area contributed by atoms with E-state index in [1.165, 1.54) is 23.6 Å². The van der Waals surface area contributed by atoms with Crippen LogP contribution in [-0.4, -0.2) is 56.4 Å². The predicted octanol–water partition coefficient (Wildman–Crippen LogP) is 3.83. The molecule has 1 aromatic heterocycles. The Kier molecular flexibility index (Phi) is 13.4. The van der Waals surface area contributed by atoms with E-state index in [2.05, 4.69) is 4.98 Å². The molecule has 0 saturated heterocycles. The predicted molar refractivity (Wildman–Crippen MR) is 123 cm³/mol. The van der Waals surface area contributed by atoms with Crippen LogP contribution in [0.25, 0.3) is 0 Å². The monoisotopic (exact) mass is 475 g/mol. The van der Waals surface area contributed by atoms with Crippen molar-refractivity contribution >= 4 is 30.2 Å². The molecule has 10 heteroatoms. The number of hydrogen-bond donors (Lipinski definition) is 3. The quantitative estimate of drug-likeness (QED) is 0.420. The van der Waals surface area contributed by atoms with Crippen molar-refractivity contribution in [1.29, 1.82) is 5.41 Å². The molecule has 0 aromatic carbocycles. The Morgan fingerprint density at radius 2 is 1.78 bits per heavy atom. The number of rotatable bonds is 6. The van der Waals surface area contributed by atoms with Gasteiger partial charge in [-0.3, -0.25) is 10.2 Å². The van der Waals surface area contributed by atoms with Crippen LogP contribution in [0, 0.1) is 11.3 Å². The molecule has 0 unspecified atom stereocenters.